The van der Waals surface area contributed by atoms with Gasteiger partial charge in [-0.05, 0) is 57.2 Å². The van der Waals surface area contributed by atoms with Crippen LogP contribution in [0, 0.1) is 0 Å². The van der Waals surface area contributed by atoms with Gasteiger partial charge in [0.1, 0.15) is 5.82 Å². The molecule has 0 amide bonds. The van der Waals surface area contributed by atoms with Crippen molar-refractivity contribution in [3.8, 4) is 11.3 Å². The van der Waals surface area contributed by atoms with Crippen LogP contribution in [0.5, 0.6) is 0 Å². The Hall–Kier alpha value is -2.82. The van der Waals surface area contributed by atoms with Crippen LogP contribution >= 0.6 is 0 Å². The third-order valence-electron chi connectivity index (χ3n) is 5.10. The van der Waals surface area contributed by atoms with E-state index in [1.54, 1.807) is 24.3 Å². The van der Waals surface area contributed by atoms with E-state index in [-0.39, 0.29) is 10.9 Å². The zero-order chi connectivity index (χ0) is 20.6. The lowest BCUT2D eigenvalue weighted by Crippen LogP contribution is -2.37. The molecule has 4 rings (SSSR count). The molecule has 5 N–H and O–H groups in total. The third kappa shape index (κ3) is 4.29. The van der Waals surface area contributed by atoms with E-state index < -0.39 is 10.0 Å². The minimum absolute atomic E-state index is 0.0312. The van der Waals surface area contributed by atoms with Crippen LogP contribution in [0.15, 0.2) is 41.3 Å². The summed E-state index contributed by atoms with van der Waals surface area (Å²) < 4.78 is 23.3. The number of nitrogens with one attached hydrogen (secondary N) is 1. The second-order valence-electron chi connectivity index (χ2n) is 7.29. The summed E-state index contributed by atoms with van der Waals surface area (Å²) in [5.41, 5.74) is 7.77. The van der Waals surface area contributed by atoms with Gasteiger partial charge < -0.3 is 16.0 Å². The molecule has 1 aliphatic heterocycles. The Labute approximate surface area is 169 Å². The fourth-order valence-corrected chi connectivity index (χ4v) is 3.99. The van der Waals surface area contributed by atoms with Gasteiger partial charge in [-0.1, -0.05) is 12.1 Å². The number of nitrogen functional groups attached to an aromatic ring is 1. The van der Waals surface area contributed by atoms with Gasteiger partial charge in [0.15, 0.2) is 5.65 Å². The van der Waals surface area contributed by atoms with Crippen molar-refractivity contribution in [2.75, 3.05) is 31.2 Å². The van der Waals surface area contributed by atoms with Crippen LogP contribution in [0.25, 0.3) is 22.3 Å². The van der Waals surface area contributed by atoms with Crippen molar-refractivity contribution in [2.24, 2.45) is 5.14 Å². The monoisotopic (exact) mass is 413 g/mol. The SMILES string of the molecule is CN1CCC(Nc2nc(N)c3ccc(-c4cccc(S(N)(=O)=O)c4)nc3n2)CC1. The first-order valence-corrected chi connectivity index (χ1v) is 10.9. The maximum Gasteiger partial charge on any atom is 0.238 e. The van der Waals surface area contributed by atoms with Crippen LogP contribution in [-0.2, 0) is 10.0 Å². The number of hydrogen-bond acceptors (Lipinski definition) is 8. The average Bonchev–Trinajstić information content (AvgIpc) is 2.69. The number of likely N-dealkylation sites (tertiary alicyclic amines) is 1. The van der Waals surface area contributed by atoms with Crippen molar-refractivity contribution in [3.05, 3.63) is 36.4 Å². The summed E-state index contributed by atoms with van der Waals surface area (Å²) >= 11 is 0. The van der Waals surface area contributed by atoms with Crippen molar-refractivity contribution in [1.82, 2.24) is 19.9 Å². The number of anilines is 2. The van der Waals surface area contributed by atoms with Crippen LogP contribution in [0.4, 0.5) is 11.8 Å². The quantitative estimate of drug-likeness (QED) is 0.583. The molecule has 2 aromatic heterocycles. The molecule has 1 saturated heterocycles. The molecule has 0 bridgehead atoms. The van der Waals surface area contributed by atoms with Gasteiger partial charge in [-0.2, -0.15) is 9.97 Å². The first-order chi connectivity index (χ1) is 13.8. The molecule has 0 radical (unpaired) electrons. The van der Waals surface area contributed by atoms with Gasteiger partial charge in [-0.15, -0.1) is 0 Å². The van der Waals surface area contributed by atoms with E-state index in [1.807, 2.05) is 0 Å². The topological polar surface area (TPSA) is 140 Å². The van der Waals surface area contributed by atoms with Crippen LogP contribution < -0.4 is 16.2 Å². The number of benzene rings is 1. The van der Waals surface area contributed by atoms with Gasteiger partial charge >= 0.3 is 0 Å². The summed E-state index contributed by atoms with van der Waals surface area (Å²) in [4.78, 5) is 15.8. The van der Waals surface area contributed by atoms with E-state index >= 15 is 0 Å². The molecule has 9 nitrogen and oxygen atoms in total. The van der Waals surface area contributed by atoms with Crippen LogP contribution in [-0.4, -0.2) is 54.4 Å². The van der Waals surface area contributed by atoms with Gasteiger partial charge in [0, 0.05) is 11.6 Å². The van der Waals surface area contributed by atoms with E-state index in [1.165, 1.54) is 12.1 Å². The molecule has 1 aromatic carbocycles. The number of hydrogen-bond donors (Lipinski definition) is 3. The van der Waals surface area contributed by atoms with Gasteiger partial charge in [0.2, 0.25) is 16.0 Å². The Balaban J connectivity index is 1.68. The molecule has 0 aliphatic carbocycles. The van der Waals surface area contributed by atoms with Crippen molar-refractivity contribution in [1.29, 1.82) is 0 Å². The molecule has 3 heterocycles. The first kappa shape index (κ1) is 19.5. The van der Waals surface area contributed by atoms with E-state index in [2.05, 4.69) is 32.2 Å². The fraction of sp³-hybridized carbons (Fsp3) is 0.316. The van der Waals surface area contributed by atoms with Crippen molar-refractivity contribution in [3.63, 3.8) is 0 Å². The van der Waals surface area contributed by atoms with E-state index in [0.29, 0.717) is 34.1 Å². The standard InChI is InChI=1S/C19H23N7O2S/c1-26-9-7-13(8-10-26)22-19-24-17(20)15-5-6-16(23-18(15)25-19)12-3-2-4-14(11-12)29(21,27)28/h2-6,11,13H,7-10H2,1H3,(H2,21,27,28)(H3,20,22,23,24,25). The highest BCUT2D eigenvalue weighted by molar-refractivity contribution is 7.89. The van der Waals surface area contributed by atoms with Gasteiger partial charge in [0.25, 0.3) is 0 Å². The molecule has 0 spiro atoms. The molecule has 0 saturated carbocycles. The molecular formula is C19H23N7O2S. The maximum atomic E-state index is 11.6. The smallest absolute Gasteiger partial charge is 0.238 e. The number of aromatic nitrogens is 3. The van der Waals surface area contributed by atoms with Gasteiger partial charge in [-0.25, -0.2) is 18.5 Å². The highest BCUT2D eigenvalue weighted by Gasteiger charge is 2.18. The largest absolute Gasteiger partial charge is 0.383 e. The minimum Gasteiger partial charge on any atom is -0.383 e. The summed E-state index contributed by atoms with van der Waals surface area (Å²) in [7, 11) is -1.69. The molecule has 10 heteroatoms. The molecule has 1 aliphatic rings. The molecule has 0 atom stereocenters. The fourth-order valence-electron chi connectivity index (χ4n) is 3.43. The second-order valence-corrected chi connectivity index (χ2v) is 8.86. The minimum atomic E-state index is -3.80. The summed E-state index contributed by atoms with van der Waals surface area (Å²) in [6.07, 6.45) is 2.01. The summed E-state index contributed by atoms with van der Waals surface area (Å²) in [6.45, 7) is 2.03. The molecule has 3 aromatic rings. The second kappa shape index (κ2) is 7.54. The van der Waals surface area contributed by atoms with Gasteiger partial charge in [0.05, 0.1) is 16.0 Å². The summed E-state index contributed by atoms with van der Waals surface area (Å²) in [5.74, 6) is 0.801. The molecule has 152 valence electrons. The number of primary sulfonamides is 1. The zero-order valence-corrected chi connectivity index (χ0v) is 16.9. The lowest BCUT2D eigenvalue weighted by atomic mass is 10.1. The lowest BCUT2D eigenvalue weighted by Gasteiger charge is -2.29. The van der Waals surface area contributed by atoms with Crippen LogP contribution in [0.2, 0.25) is 0 Å². The predicted octanol–water partition coefficient (Wildman–Crippen LogP) is 1.43. The molecule has 29 heavy (non-hydrogen) atoms. The predicted molar refractivity (Wildman–Crippen MR) is 113 cm³/mol. The van der Waals surface area contributed by atoms with Crippen molar-refractivity contribution < 1.29 is 8.42 Å². The maximum absolute atomic E-state index is 11.6. The van der Waals surface area contributed by atoms with Crippen LogP contribution in [0.1, 0.15) is 12.8 Å². The number of rotatable bonds is 4. The number of piperidine rings is 1. The highest BCUT2D eigenvalue weighted by Crippen LogP contribution is 2.25. The van der Waals surface area contributed by atoms with Crippen molar-refractivity contribution >= 4 is 32.8 Å². The Bertz CT molecular complexity index is 1160. The van der Waals surface area contributed by atoms with Crippen LogP contribution in [0.3, 0.4) is 0 Å². The van der Waals surface area contributed by atoms with E-state index in [0.717, 1.165) is 25.9 Å². The molecular weight excluding hydrogens is 390 g/mol. The Morgan fingerprint density at radius 2 is 1.86 bits per heavy atom. The molecule has 0 unspecified atom stereocenters. The number of pyridine rings is 1. The van der Waals surface area contributed by atoms with Crippen molar-refractivity contribution in [2.45, 2.75) is 23.8 Å². The third-order valence-corrected chi connectivity index (χ3v) is 6.01. The first-order valence-electron chi connectivity index (χ1n) is 9.32. The Kier molecular flexibility index (Phi) is 5.07. The summed E-state index contributed by atoms with van der Waals surface area (Å²) in [6, 6.07) is 10.2. The number of nitrogens with zero attached hydrogens (tertiary/aromatic N) is 4. The summed E-state index contributed by atoms with van der Waals surface area (Å²) in [5, 5.41) is 9.24. The average molecular weight is 414 g/mol. The Morgan fingerprint density at radius 1 is 1.10 bits per heavy atom. The normalized spacial score (nSPS) is 16.2. The highest BCUT2D eigenvalue weighted by atomic mass is 32.2. The number of sulfonamides is 1. The zero-order valence-electron chi connectivity index (χ0n) is 16.0. The van der Waals surface area contributed by atoms with Gasteiger partial charge in [-0.3, -0.25) is 0 Å². The number of fused-ring (bicyclic) bond motifs is 1. The van der Waals surface area contributed by atoms with E-state index in [9.17, 15) is 8.42 Å². The molecule has 1 fully saturated rings. The van der Waals surface area contributed by atoms with E-state index in [4.69, 9.17) is 10.9 Å². The Morgan fingerprint density at radius 3 is 2.59 bits per heavy atom. The number of nitrogens with two attached hydrogens (primary N) is 2. The lowest BCUT2D eigenvalue weighted by molar-refractivity contribution is 0.263.